The van der Waals surface area contributed by atoms with E-state index >= 15 is 0 Å². The Hall–Kier alpha value is -0.940. The highest BCUT2D eigenvalue weighted by atomic mass is 32.1. The van der Waals surface area contributed by atoms with Crippen molar-refractivity contribution in [2.75, 3.05) is 0 Å². The maximum atomic E-state index is 5.15. The average Bonchev–Trinajstić information content (AvgIpc) is 2.90. The summed E-state index contributed by atoms with van der Waals surface area (Å²) in [5.41, 5.74) is 2.84. The number of hydrogen-bond donors (Lipinski definition) is 2. The first-order valence-corrected chi connectivity index (χ1v) is 6.76. The summed E-state index contributed by atoms with van der Waals surface area (Å²) in [6.07, 6.45) is 6.83. The Balaban J connectivity index is 1.71. The van der Waals surface area contributed by atoms with Crippen molar-refractivity contribution in [2.45, 2.75) is 31.7 Å². The van der Waals surface area contributed by atoms with Gasteiger partial charge >= 0.3 is 0 Å². The first-order chi connectivity index (χ1) is 7.84. The van der Waals surface area contributed by atoms with Crippen LogP contribution in [0.15, 0.2) is 22.6 Å². The van der Waals surface area contributed by atoms with E-state index in [2.05, 4.69) is 15.8 Å². The van der Waals surface area contributed by atoms with E-state index in [4.69, 9.17) is 12.2 Å². The zero-order chi connectivity index (χ0) is 11.2. The van der Waals surface area contributed by atoms with Gasteiger partial charge in [0.15, 0.2) is 5.11 Å². The Bertz CT molecular complexity index is 353. The predicted octanol–water partition coefficient (Wildman–Crippen LogP) is 2.49. The minimum absolute atomic E-state index is 0.539. The fourth-order valence-corrected chi connectivity index (χ4v) is 2.61. The molecule has 0 bridgehead atoms. The third-order valence-corrected chi connectivity index (χ3v) is 3.61. The highest BCUT2D eigenvalue weighted by Gasteiger charge is 2.14. The smallest absolute Gasteiger partial charge is 0.187 e. The van der Waals surface area contributed by atoms with Gasteiger partial charge in [-0.1, -0.05) is 18.9 Å². The average molecular weight is 253 g/mol. The molecule has 0 amide bonds. The first kappa shape index (κ1) is 11.5. The van der Waals surface area contributed by atoms with Gasteiger partial charge in [0.2, 0.25) is 0 Å². The van der Waals surface area contributed by atoms with Gasteiger partial charge < -0.3 is 5.32 Å². The van der Waals surface area contributed by atoms with Crippen molar-refractivity contribution in [3.05, 3.63) is 22.4 Å². The van der Waals surface area contributed by atoms with Crippen LogP contribution in [-0.2, 0) is 0 Å². The summed E-state index contributed by atoms with van der Waals surface area (Å²) in [5, 5.41) is 10.0. The maximum Gasteiger partial charge on any atom is 0.187 e. The lowest BCUT2D eigenvalue weighted by Gasteiger charge is -2.12. The second-order valence-corrected chi connectivity index (χ2v) is 5.23. The third-order valence-electron chi connectivity index (χ3n) is 2.59. The SMILES string of the molecule is S=C(N/N=C/c1cccs1)NC1CCCC1. The number of hydrogen-bond acceptors (Lipinski definition) is 3. The molecule has 0 aromatic carbocycles. The number of rotatable bonds is 3. The fourth-order valence-electron chi connectivity index (χ4n) is 1.81. The Morgan fingerprint density at radius 3 is 3.00 bits per heavy atom. The standard InChI is InChI=1S/C11H15N3S2/c15-11(13-9-4-1-2-5-9)14-12-8-10-6-3-7-16-10/h3,6-9H,1-2,4-5H2,(H2,13,14,15)/b12-8+. The quantitative estimate of drug-likeness (QED) is 0.493. The summed E-state index contributed by atoms with van der Waals surface area (Å²) < 4.78 is 0. The van der Waals surface area contributed by atoms with Crippen molar-refractivity contribution in [1.29, 1.82) is 0 Å². The van der Waals surface area contributed by atoms with Gasteiger partial charge in [0.25, 0.3) is 0 Å². The van der Waals surface area contributed by atoms with E-state index in [0.717, 1.165) is 4.88 Å². The molecule has 0 spiro atoms. The van der Waals surface area contributed by atoms with Gasteiger partial charge in [-0.3, -0.25) is 5.43 Å². The van der Waals surface area contributed by atoms with Crippen molar-refractivity contribution in [3.8, 4) is 0 Å². The monoisotopic (exact) mass is 253 g/mol. The lowest BCUT2D eigenvalue weighted by Crippen LogP contribution is -2.38. The first-order valence-electron chi connectivity index (χ1n) is 5.47. The van der Waals surface area contributed by atoms with Gasteiger partial charge in [-0.25, -0.2) is 0 Å². The Morgan fingerprint density at radius 1 is 1.50 bits per heavy atom. The van der Waals surface area contributed by atoms with Crippen molar-refractivity contribution in [2.24, 2.45) is 5.10 Å². The van der Waals surface area contributed by atoms with Crippen LogP contribution in [0.5, 0.6) is 0 Å². The van der Waals surface area contributed by atoms with Crippen molar-refractivity contribution < 1.29 is 0 Å². The van der Waals surface area contributed by atoms with Crippen LogP contribution in [0.3, 0.4) is 0 Å². The molecule has 1 aromatic heterocycles. The van der Waals surface area contributed by atoms with Crippen LogP contribution in [-0.4, -0.2) is 17.4 Å². The lowest BCUT2D eigenvalue weighted by molar-refractivity contribution is 0.624. The van der Waals surface area contributed by atoms with Crippen LogP contribution in [0.4, 0.5) is 0 Å². The van der Waals surface area contributed by atoms with Crippen molar-refractivity contribution in [1.82, 2.24) is 10.7 Å². The van der Waals surface area contributed by atoms with Crippen LogP contribution in [0, 0.1) is 0 Å². The van der Waals surface area contributed by atoms with Crippen LogP contribution in [0.1, 0.15) is 30.6 Å². The van der Waals surface area contributed by atoms with Crippen LogP contribution in [0.2, 0.25) is 0 Å². The number of thiocarbonyl (C=S) groups is 1. The molecule has 1 saturated carbocycles. The fraction of sp³-hybridized carbons (Fsp3) is 0.455. The summed E-state index contributed by atoms with van der Waals surface area (Å²) in [7, 11) is 0. The lowest BCUT2D eigenvalue weighted by atomic mass is 10.3. The van der Waals surface area contributed by atoms with Crippen molar-refractivity contribution >= 4 is 34.9 Å². The highest BCUT2D eigenvalue weighted by Crippen LogP contribution is 2.17. The van der Waals surface area contributed by atoms with Gasteiger partial charge in [-0.2, -0.15) is 5.10 Å². The van der Waals surface area contributed by atoms with Gasteiger partial charge in [0.05, 0.1) is 6.21 Å². The van der Waals surface area contributed by atoms with Gasteiger partial charge in [0.1, 0.15) is 0 Å². The van der Waals surface area contributed by atoms with Gasteiger partial charge in [-0.15, -0.1) is 11.3 Å². The minimum Gasteiger partial charge on any atom is -0.359 e. The molecular formula is C11H15N3S2. The molecule has 0 radical (unpaired) electrons. The number of nitrogens with one attached hydrogen (secondary N) is 2. The summed E-state index contributed by atoms with van der Waals surface area (Å²) in [4.78, 5) is 1.12. The molecular weight excluding hydrogens is 238 g/mol. The second-order valence-electron chi connectivity index (χ2n) is 3.84. The molecule has 3 nitrogen and oxygen atoms in total. The van der Waals surface area contributed by atoms with Crippen LogP contribution < -0.4 is 10.7 Å². The van der Waals surface area contributed by atoms with E-state index in [1.807, 2.05) is 17.5 Å². The van der Waals surface area contributed by atoms with E-state index in [0.29, 0.717) is 11.2 Å². The molecule has 1 aliphatic rings. The summed E-state index contributed by atoms with van der Waals surface area (Å²) in [6, 6.07) is 4.56. The van der Waals surface area contributed by atoms with E-state index in [1.165, 1.54) is 25.7 Å². The molecule has 2 rings (SSSR count). The van der Waals surface area contributed by atoms with Gasteiger partial charge in [-0.05, 0) is 36.5 Å². The topological polar surface area (TPSA) is 36.4 Å². The largest absolute Gasteiger partial charge is 0.359 e. The second kappa shape index (κ2) is 5.96. The molecule has 0 aliphatic heterocycles. The molecule has 86 valence electrons. The molecule has 0 saturated heterocycles. The molecule has 0 unspecified atom stereocenters. The van der Waals surface area contributed by atoms with E-state index < -0.39 is 0 Å². The molecule has 1 heterocycles. The molecule has 1 aliphatic carbocycles. The van der Waals surface area contributed by atoms with Crippen molar-refractivity contribution in [3.63, 3.8) is 0 Å². The van der Waals surface area contributed by atoms with E-state index in [9.17, 15) is 0 Å². The zero-order valence-corrected chi connectivity index (χ0v) is 10.6. The number of hydrazone groups is 1. The Labute approximate surface area is 105 Å². The summed E-state index contributed by atoms with van der Waals surface area (Å²) in [6.45, 7) is 0. The molecule has 2 N–H and O–H groups in total. The number of thiophene rings is 1. The van der Waals surface area contributed by atoms with E-state index in [1.54, 1.807) is 17.6 Å². The molecule has 5 heteroatoms. The highest BCUT2D eigenvalue weighted by molar-refractivity contribution is 7.80. The molecule has 1 aromatic rings. The Morgan fingerprint density at radius 2 is 2.31 bits per heavy atom. The third kappa shape index (κ3) is 3.57. The van der Waals surface area contributed by atoms with E-state index in [-0.39, 0.29) is 0 Å². The van der Waals surface area contributed by atoms with Crippen LogP contribution >= 0.6 is 23.6 Å². The number of nitrogens with zero attached hydrogens (tertiary/aromatic N) is 1. The predicted molar refractivity (Wildman–Crippen MR) is 73.0 cm³/mol. The molecule has 0 atom stereocenters. The van der Waals surface area contributed by atoms with Gasteiger partial charge in [0, 0.05) is 10.9 Å². The normalized spacial score (nSPS) is 16.8. The summed E-state index contributed by atoms with van der Waals surface area (Å²) in [5.74, 6) is 0. The molecule has 1 fully saturated rings. The maximum absolute atomic E-state index is 5.15. The summed E-state index contributed by atoms with van der Waals surface area (Å²) >= 11 is 6.81. The molecule has 16 heavy (non-hydrogen) atoms. The zero-order valence-electron chi connectivity index (χ0n) is 8.98. The minimum atomic E-state index is 0.539. The van der Waals surface area contributed by atoms with Crippen LogP contribution in [0.25, 0.3) is 0 Å². The Kier molecular flexibility index (Phi) is 4.30.